The number of carbonyl (C=O) groups excluding carboxylic acids is 1. The number of nitrogens with one attached hydrogen (secondary N) is 2. The number of fused-ring (bicyclic) bond motifs is 1. The lowest BCUT2D eigenvalue weighted by molar-refractivity contribution is -0.136. The molecule has 42 heavy (non-hydrogen) atoms. The number of alkyl halides is 3. The molecule has 0 aliphatic carbocycles. The minimum Gasteiger partial charge on any atom is -0.366 e. The lowest BCUT2D eigenvalue weighted by Crippen LogP contribution is -2.37. The molecule has 2 atom stereocenters. The number of pyridine rings is 1. The third kappa shape index (κ3) is 6.81. The summed E-state index contributed by atoms with van der Waals surface area (Å²) < 4.78 is 68.8. The number of hydrogen-bond donors (Lipinski definition) is 2. The minimum absolute atomic E-state index is 0.0294. The van der Waals surface area contributed by atoms with E-state index in [9.17, 15) is 31.2 Å². The molecular weight excluding hydrogens is 569 g/mol. The van der Waals surface area contributed by atoms with E-state index in [1.165, 1.54) is 28.6 Å². The number of aromatic amines is 1. The molecule has 1 aliphatic rings. The van der Waals surface area contributed by atoms with Crippen molar-refractivity contribution in [2.75, 3.05) is 24.5 Å². The number of halogens is 3. The second-order valence-corrected chi connectivity index (χ2v) is 12.7. The van der Waals surface area contributed by atoms with Gasteiger partial charge >= 0.3 is 6.18 Å². The van der Waals surface area contributed by atoms with E-state index >= 15 is 0 Å². The third-order valence-corrected chi connectivity index (χ3v) is 9.55. The van der Waals surface area contributed by atoms with E-state index in [0.717, 1.165) is 12.8 Å². The van der Waals surface area contributed by atoms with Gasteiger partial charge in [-0.25, -0.2) is 8.42 Å². The van der Waals surface area contributed by atoms with Crippen molar-refractivity contribution in [1.29, 1.82) is 0 Å². The Kier molecular flexibility index (Phi) is 9.67. The highest BCUT2D eigenvalue weighted by Crippen LogP contribution is 2.37. The van der Waals surface area contributed by atoms with Crippen LogP contribution < -0.4 is 15.8 Å². The molecule has 1 fully saturated rings. The summed E-state index contributed by atoms with van der Waals surface area (Å²) in [5, 5.41) is 2.80. The first kappa shape index (κ1) is 31.6. The fourth-order valence-electron chi connectivity index (χ4n) is 5.71. The summed E-state index contributed by atoms with van der Waals surface area (Å²) in [5.74, 6) is -0.397. The molecule has 2 heterocycles. The summed E-state index contributed by atoms with van der Waals surface area (Å²) in [6.45, 7) is 6.93. The van der Waals surface area contributed by atoms with E-state index < -0.39 is 33.2 Å². The van der Waals surface area contributed by atoms with Gasteiger partial charge in [0.25, 0.3) is 5.91 Å². The molecule has 12 heteroatoms. The molecule has 2 N–H and O–H groups in total. The van der Waals surface area contributed by atoms with Crippen LogP contribution in [0.1, 0.15) is 68.8 Å². The van der Waals surface area contributed by atoms with Crippen LogP contribution in [0.5, 0.6) is 0 Å². The van der Waals surface area contributed by atoms with Gasteiger partial charge in [0.2, 0.25) is 15.6 Å². The lowest BCUT2D eigenvalue weighted by atomic mass is 10.1. The number of anilines is 1. The first-order chi connectivity index (χ1) is 19.9. The van der Waals surface area contributed by atoms with E-state index in [4.69, 9.17) is 0 Å². The molecule has 2 unspecified atom stereocenters. The smallest absolute Gasteiger partial charge is 0.366 e. The van der Waals surface area contributed by atoms with Crippen molar-refractivity contribution in [1.82, 2.24) is 14.6 Å². The van der Waals surface area contributed by atoms with Gasteiger partial charge in [-0.1, -0.05) is 19.9 Å². The van der Waals surface area contributed by atoms with Crippen LogP contribution in [-0.4, -0.2) is 55.3 Å². The Morgan fingerprint density at radius 1 is 1.07 bits per heavy atom. The molecule has 1 saturated heterocycles. The van der Waals surface area contributed by atoms with Crippen LogP contribution in [0.25, 0.3) is 10.9 Å². The third-order valence-electron chi connectivity index (χ3n) is 7.66. The van der Waals surface area contributed by atoms with Crippen molar-refractivity contribution in [2.45, 2.75) is 76.0 Å². The monoisotopic (exact) mass is 606 g/mol. The second-order valence-electron chi connectivity index (χ2n) is 10.7. The predicted molar refractivity (Wildman–Crippen MR) is 157 cm³/mol. The number of sulfonamides is 1. The largest absolute Gasteiger partial charge is 0.417 e. The molecule has 1 aromatic heterocycles. The van der Waals surface area contributed by atoms with Crippen LogP contribution in [0, 0.1) is 0 Å². The Balaban J connectivity index is 1.48. The normalized spacial score (nSPS) is 17.7. The number of amides is 1. The number of carbonyl (C=O) groups is 1. The Hall–Kier alpha value is -3.38. The van der Waals surface area contributed by atoms with E-state index in [2.05, 4.69) is 15.2 Å². The fourth-order valence-corrected chi connectivity index (χ4v) is 7.38. The number of hydrogen-bond acceptors (Lipinski definition) is 5. The summed E-state index contributed by atoms with van der Waals surface area (Å²) in [7, 11) is -3.73. The van der Waals surface area contributed by atoms with Crippen LogP contribution in [-0.2, 0) is 16.2 Å². The number of benzene rings is 2. The van der Waals surface area contributed by atoms with Gasteiger partial charge in [0.1, 0.15) is 0 Å². The summed E-state index contributed by atoms with van der Waals surface area (Å²) in [6.07, 6.45) is -1.14. The molecule has 1 aliphatic heterocycles. The Bertz CT molecular complexity index is 1580. The molecule has 0 radical (unpaired) electrons. The number of H-pyrrole nitrogens is 1. The van der Waals surface area contributed by atoms with E-state index in [-0.39, 0.29) is 33.4 Å². The summed E-state index contributed by atoms with van der Waals surface area (Å²) >= 11 is 0. The maximum Gasteiger partial charge on any atom is 0.417 e. The molecule has 0 spiro atoms. The highest BCUT2D eigenvalue weighted by Gasteiger charge is 2.35. The van der Waals surface area contributed by atoms with Crippen molar-refractivity contribution in [3.8, 4) is 0 Å². The zero-order chi connectivity index (χ0) is 30.7. The number of aromatic nitrogens is 1. The van der Waals surface area contributed by atoms with Gasteiger partial charge < -0.3 is 15.2 Å². The van der Waals surface area contributed by atoms with Crippen molar-refractivity contribution < 1.29 is 26.4 Å². The van der Waals surface area contributed by atoms with Gasteiger partial charge in [-0.3, -0.25) is 9.59 Å². The van der Waals surface area contributed by atoms with Crippen molar-refractivity contribution in [3.05, 3.63) is 70.0 Å². The summed E-state index contributed by atoms with van der Waals surface area (Å²) in [6, 6.07) is 11.3. The minimum atomic E-state index is -4.67. The zero-order valence-corrected chi connectivity index (χ0v) is 24.8. The molecule has 8 nitrogen and oxygen atoms in total. The molecule has 0 saturated carbocycles. The van der Waals surface area contributed by atoms with E-state index in [0.29, 0.717) is 50.7 Å². The SMILES string of the molecule is CCCN(CCC)S(=O)(=O)c1cccc(C(=O)NCCC2CCC(C)N2c2ccc3[nH]c(=O)cc(C(F)(F)F)c3c2)c1. The average Bonchev–Trinajstić information content (AvgIpc) is 3.31. The Labute approximate surface area is 244 Å². The van der Waals surface area contributed by atoms with E-state index in [1.807, 2.05) is 20.8 Å². The Morgan fingerprint density at radius 3 is 2.45 bits per heavy atom. The maximum atomic E-state index is 13.7. The quantitative estimate of drug-likeness (QED) is 0.299. The van der Waals surface area contributed by atoms with Gasteiger partial charge in [0.05, 0.1) is 10.5 Å². The van der Waals surface area contributed by atoms with Crippen LogP contribution in [0.3, 0.4) is 0 Å². The topological polar surface area (TPSA) is 103 Å². The van der Waals surface area contributed by atoms with Crippen LogP contribution >= 0.6 is 0 Å². The van der Waals surface area contributed by atoms with Gasteiger partial charge in [-0.15, -0.1) is 0 Å². The van der Waals surface area contributed by atoms with E-state index in [1.54, 1.807) is 18.2 Å². The Morgan fingerprint density at radius 2 is 1.79 bits per heavy atom. The predicted octanol–water partition coefficient (Wildman–Crippen LogP) is 5.54. The number of rotatable bonds is 11. The van der Waals surface area contributed by atoms with Gasteiger partial charge in [0, 0.05) is 59.9 Å². The van der Waals surface area contributed by atoms with Crippen LogP contribution in [0.15, 0.2) is 58.2 Å². The van der Waals surface area contributed by atoms with Gasteiger partial charge in [-0.05, 0) is 75.4 Å². The van der Waals surface area contributed by atoms with Crippen LogP contribution in [0.4, 0.5) is 18.9 Å². The maximum absolute atomic E-state index is 13.7. The first-order valence-electron chi connectivity index (χ1n) is 14.3. The average molecular weight is 607 g/mol. The summed E-state index contributed by atoms with van der Waals surface area (Å²) in [4.78, 5) is 29.4. The van der Waals surface area contributed by atoms with Gasteiger partial charge in [0.15, 0.2) is 0 Å². The zero-order valence-electron chi connectivity index (χ0n) is 24.0. The highest BCUT2D eigenvalue weighted by molar-refractivity contribution is 7.89. The highest BCUT2D eigenvalue weighted by atomic mass is 32.2. The second kappa shape index (κ2) is 12.9. The molecule has 0 bridgehead atoms. The molecule has 2 aromatic carbocycles. The lowest BCUT2D eigenvalue weighted by Gasteiger charge is -2.31. The van der Waals surface area contributed by atoms with Crippen molar-refractivity contribution in [2.24, 2.45) is 0 Å². The molecule has 1 amide bonds. The first-order valence-corrected chi connectivity index (χ1v) is 15.7. The fraction of sp³-hybridized carbons (Fsp3) is 0.467. The molecule has 4 rings (SSSR count). The summed E-state index contributed by atoms with van der Waals surface area (Å²) in [5.41, 5.74) is -0.818. The molecular formula is C30H37F3N4O4S. The van der Waals surface area contributed by atoms with Crippen LogP contribution in [0.2, 0.25) is 0 Å². The molecule has 3 aromatic rings. The molecule has 228 valence electrons. The van der Waals surface area contributed by atoms with Crippen molar-refractivity contribution in [3.63, 3.8) is 0 Å². The number of nitrogens with zero attached hydrogens (tertiary/aromatic N) is 2. The standard InChI is InChI=1S/C30H37F3N4O4S/c1-4-15-36(16-5-2)42(40,41)24-8-6-7-21(17-24)29(39)34-14-13-22-10-9-20(3)37(22)23-11-12-27-25(18-23)26(30(31,32)33)19-28(38)35-27/h6-8,11-12,17-20,22H,4-5,9-10,13-16H2,1-3H3,(H,34,39)(H,35,38). The van der Waals surface area contributed by atoms with Crippen molar-refractivity contribution >= 4 is 32.5 Å². The van der Waals surface area contributed by atoms with Gasteiger partial charge in [-0.2, -0.15) is 17.5 Å².